The van der Waals surface area contributed by atoms with E-state index in [0.29, 0.717) is 25.8 Å². The lowest BCUT2D eigenvalue weighted by Crippen LogP contribution is -2.54. The molecule has 3 aromatic rings. The van der Waals surface area contributed by atoms with E-state index in [2.05, 4.69) is 37.2 Å². The summed E-state index contributed by atoms with van der Waals surface area (Å²) in [6, 6.07) is 12.8. The fourth-order valence-electron chi connectivity index (χ4n) is 3.25. The van der Waals surface area contributed by atoms with Crippen LogP contribution >= 0.6 is 55.1 Å². The monoisotopic (exact) mass is 640 g/mol. The van der Waals surface area contributed by atoms with Gasteiger partial charge in [0.15, 0.2) is 0 Å². The second-order valence-electron chi connectivity index (χ2n) is 7.25. The second kappa shape index (κ2) is 10.5. The zero-order chi connectivity index (χ0) is 25.3. The van der Waals surface area contributed by atoms with Crippen LogP contribution in [0.2, 0.25) is 10.0 Å². The van der Waals surface area contributed by atoms with Gasteiger partial charge in [0.1, 0.15) is 23.7 Å². The summed E-state index contributed by atoms with van der Waals surface area (Å²) in [7, 11) is 0. The van der Waals surface area contributed by atoms with Gasteiger partial charge in [0.2, 0.25) is 0 Å². The van der Waals surface area contributed by atoms with Gasteiger partial charge in [-0.3, -0.25) is 14.9 Å². The molecule has 1 fully saturated rings. The molecule has 1 heterocycles. The van der Waals surface area contributed by atoms with Crippen molar-refractivity contribution in [3.63, 3.8) is 0 Å². The number of hydrogen-bond donors (Lipinski definition) is 1. The first-order valence-electron chi connectivity index (χ1n) is 9.87. The summed E-state index contributed by atoms with van der Waals surface area (Å²) in [4.78, 5) is 38.7. The predicted octanol–water partition coefficient (Wildman–Crippen LogP) is 6.90. The molecule has 4 amide bonds. The average molecular weight is 643 g/mol. The van der Waals surface area contributed by atoms with E-state index >= 15 is 0 Å². The lowest BCUT2D eigenvalue weighted by molar-refractivity contribution is -0.122. The Labute approximate surface area is 225 Å². The van der Waals surface area contributed by atoms with Crippen LogP contribution in [-0.4, -0.2) is 17.8 Å². The highest BCUT2D eigenvalue weighted by atomic mass is 79.9. The molecule has 11 heteroatoms. The number of benzene rings is 3. The first-order valence-corrected chi connectivity index (χ1v) is 12.2. The normalized spacial score (nSPS) is 14.9. The van der Waals surface area contributed by atoms with Crippen LogP contribution in [-0.2, 0) is 16.2 Å². The molecule has 1 aliphatic heterocycles. The molecule has 0 unspecified atom stereocenters. The van der Waals surface area contributed by atoms with E-state index in [0.717, 1.165) is 4.90 Å². The number of carbonyl (C=O) groups is 3. The molecule has 1 aliphatic rings. The fourth-order valence-corrected chi connectivity index (χ4v) is 4.99. The smallest absolute Gasteiger partial charge is 0.335 e. The summed E-state index contributed by atoms with van der Waals surface area (Å²) < 4.78 is 20.6. The molecular weight excluding hydrogens is 630 g/mol. The topological polar surface area (TPSA) is 75.7 Å². The highest BCUT2D eigenvalue weighted by Gasteiger charge is 2.37. The number of imide groups is 2. The lowest BCUT2D eigenvalue weighted by Gasteiger charge is -2.26. The van der Waals surface area contributed by atoms with Crippen molar-refractivity contribution in [2.45, 2.75) is 6.61 Å². The number of urea groups is 1. The van der Waals surface area contributed by atoms with Gasteiger partial charge in [-0.05, 0) is 79.9 Å². The van der Waals surface area contributed by atoms with Crippen LogP contribution < -0.4 is 15.0 Å². The molecule has 35 heavy (non-hydrogen) atoms. The molecular formula is C24H13Br2Cl2FN2O4. The molecule has 4 rings (SSSR count). The van der Waals surface area contributed by atoms with Crippen molar-refractivity contribution in [2.24, 2.45) is 0 Å². The number of nitrogens with one attached hydrogen (secondary N) is 1. The standard InChI is InChI=1S/C24H13Br2Cl2FN2O4/c25-16-8-12(9-17(26)21(16)35-11-13-3-1-2-4-20(13)29)7-15-22(32)30-24(34)31(23(15)33)14-5-6-18(27)19(28)10-14/h1-10H,11H2,(H,30,32,34)/b15-7+. The first-order chi connectivity index (χ1) is 16.7. The third-order valence-electron chi connectivity index (χ3n) is 4.92. The molecule has 0 aliphatic carbocycles. The zero-order valence-corrected chi connectivity index (χ0v) is 22.1. The Bertz CT molecular complexity index is 1390. The number of barbiturate groups is 1. The van der Waals surface area contributed by atoms with E-state index in [4.69, 9.17) is 27.9 Å². The number of nitrogens with zero attached hydrogens (tertiary/aromatic N) is 1. The predicted molar refractivity (Wildman–Crippen MR) is 138 cm³/mol. The molecule has 0 aromatic heterocycles. The van der Waals surface area contributed by atoms with Gasteiger partial charge in [0.05, 0.1) is 24.7 Å². The van der Waals surface area contributed by atoms with Crippen molar-refractivity contribution in [1.29, 1.82) is 0 Å². The first kappa shape index (κ1) is 25.4. The minimum absolute atomic E-state index is 0.00801. The molecule has 0 radical (unpaired) electrons. The van der Waals surface area contributed by atoms with Gasteiger partial charge in [-0.1, -0.05) is 41.4 Å². The fraction of sp³-hybridized carbons (Fsp3) is 0.0417. The van der Waals surface area contributed by atoms with Crippen molar-refractivity contribution in [1.82, 2.24) is 5.32 Å². The quantitative estimate of drug-likeness (QED) is 0.243. The number of anilines is 1. The number of rotatable bonds is 5. The van der Waals surface area contributed by atoms with Gasteiger partial charge in [0, 0.05) is 5.56 Å². The third kappa shape index (κ3) is 5.43. The highest BCUT2D eigenvalue weighted by Crippen LogP contribution is 2.36. The summed E-state index contributed by atoms with van der Waals surface area (Å²) in [6.45, 7) is -0.00801. The van der Waals surface area contributed by atoms with Crippen LogP contribution in [0.25, 0.3) is 6.08 Å². The van der Waals surface area contributed by atoms with Crippen molar-refractivity contribution >= 4 is 84.7 Å². The third-order valence-corrected chi connectivity index (χ3v) is 6.84. The summed E-state index contributed by atoms with van der Waals surface area (Å²) >= 11 is 18.7. The Morgan fingerprint density at radius 3 is 2.31 bits per heavy atom. The zero-order valence-electron chi connectivity index (χ0n) is 17.5. The Balaban J connectivity index is 1.62. The molecule has 0 bridgehead atoms. The average Bonchev–Trinajstić information content (AvgIpc) is 2.79. The van der Waals surface area contributed by atoms with Crippen LogP contribution in [0.3, 0.4) is 0 Å². The molecule has 178 valence electrons. The Morgan fingerprint density at radius 2 is 1.66 bits per heavy atom. The van der Waals surface area contributed by atoms with Gasteiger partial charge >= 0.3 is 6.03 Å². The molecule has 1 saturated heterocycles. The van der Waals surface area contributed by atoms with E-state index in [-0.39, 0.29) is 33.7 Å². The van der Waals surface area contributed by atoms with Crippen LogP contribution in [0, 0.1) is 5.82 Å². The molecule has 3 aromatic carbocycles. The van der Waals surface area contributed by atoms with Crippen molar-refractivity contribution in [3.8, 4) is 5.75 Å². The number of carbonyl (C=O) groups excluding carboxylic acids is 3. The molecule has 0 spiro atoms. The minimum atomic E-state index is -0.908. The maximum atomic E-state index is 13.9. The lowest BCUT2D eigenvalue weighted by atomic mass is 10.1. The van der Waals surface area contributed by atoms with Gasteiger partial charge in [-0.15, -0.1) is 0 Å². The van der Waals surface area contributed by atoms with E-state index in [9.17, 15) is 18.8 Å². The van der Waals surface area contributed by atoms with Crippen molar-refractivity contribution in [2.75, 3.05) is 4.90 Å². The Kier molecular flexibility index (Phi) is 7.61. The number of amides is 4. The second-order valence-corrected chi connectivity index (χ2v) is 9.77. The summed E-state index contributed by atoms with van der Waals surface area (Å²) in [6.07, 6.45) is 1.34. The highest BCUT2D eigenvalue weighted by molar-refractivity contribution is 9.11. The Morgan fingerprint density at radius 1 is 0.971 bits per heavy atom. The number of ether oxygens (including phenoxy) is 1. The van der Waals surface area contributed by atoms with Gasteiger partial charge in [-0.2, -0.15) is 0 Å². The SMILES string of the molecule is O=C1NC(=O)N(c2ccc(Cl)c(Cl)c2)C(=O)/C1=C/c1cc(Br)c(OCc2ccccc2F)c(Br)c1. The molecule has 0 saturated carbocycles. The van der Waals surface area contributed by atoms with Gasteiger partial charge in [-0.25, -0.2) is 14.1 Å². The summed E-state index contributed by atoms with van der Waals surface area (Å²) in [5.74, 6) is -1.65. The van der Waals surface area contributed by atoms with Crippen LogP contribution in [0.4, 0.5) is 14.9 Å². The van der Waals surface area contributed by atoms with E-state index < -0.39 is 17.8 Å². The number of halogens is 5. The maximum absolute atomic E-state index is 13.9. The van der Waals surface area contributed by atoms with Crippen LogP contribution in [0.5, 0.6) is 5.75 Å². The Hall–Kier alpha value is -2.72. The number of hydrogen-bond acceptors (Lipinski definition) is 4. The molecule has 6 nitrogen and oxygen atoms in total. The van der Waals surface area contributed by atoms with E-state index in [1.54, 1.807) is 30.3 Å². The largest absolute Gasteiger partial charge is 0.486 e. The molecule has 0 atom stereocenters. The van der Waals surface area contributed by atoms with Crippen molar-refractivity contribution in [3.05, 3.63) is 96.1 Å². The van der Waals surface area contributed by atoms with Crippen LogP contribution in [0.15, 0.2) is 69.1 Å². The van der Waals surface area contributed by atoms with Gasteiger partial charge in [0.25, 0.3) is 11.8 Å². The van der Waals surface area contributed by atoms with E-state index in [1.165, 1.54) is 30.3 Å². The summed E-state index contributed by atoms with van der Waals surface area (Å²) in [5.41, 5.74) is 0.729. The van der Waals surface area contributed by atoms with E-state index in [1.807, 2.05) is 0 Å². The maximum Gasteiger partial charge on any atom is 0.335 e. The minimum Gasteiger partial charge on any atom is -0.486 e. The van der Waals surface area contributed by atoms with Crippen LogP contribution in [0.1, 0.15) is 11.1 Å². The molecule has 1 N–H and O–H groups in total. The summed E-state index contributed by atoms with van der Waals surface area (Å²) in [5, 5.41) is 2.54. The van der Waals surface area contributed by atoms with Gasteiger partial charge < -0.3 is 4.74 Å². The van der Waals surface area contributed by atoms with Crippen molar-refractivity contribution < 1.29 is 23.5 Å².